The molecule has 0 atom stereocenters. The van der Waals surface area contributed by atoms with Gasteiger partial charge in [-0.3, -0.25) is 10.4 Å². The Kier molecular flexibility index (Phi) is 5.22. The molecule has 6 heteroatoms. The topological polar surface area (TPSA) is 58.5 Å². The smallest absolute Gasteiger partial charge is 0.191 e. The van der Waals surface area contributed by atoms with Crippen LogP contribution in [0.5, 0.6) is 5.75 Å². The number of methoxy groups -OCH3 is 1. The van der Waals surface area contributed by atoms with Crippen LogP contribution >= 0.6 is 12.2 Å². The molecule has 0 aliphatic carbocycles. The SMILES string of the molecule is COc1ccccc1NC(=S)N/N=C(\C)c1ccncc1. The summed E-state index contributed by atoms with van der Waals surface area (Å²) in [5, 5.41) is 7.68. The fourth-order valence-electron chi connectivity index (χ4n) is 1.69. The van der Waals surface area contributed by atoms with Gasteiger partial charge in [-0.15, -0.1) is 0 Å². The molecular weight excluding hydrogens is 284 g/mol. The molecular formula is C15H16N4OS. The molecule has 0 unspecified atom stereocenters. The van der Waals surface area contributed by atoms with Crippen LogP contribution in [0, 0.1) is 0 Å². The number of benzene rings is 1. The second-order valence-corrected chi connectivity index (χ2v) is 4.61. The van der Waals surface area contributed by atoms with Gasteiger partial charge in [0.05, 0.1) is 18.5 Å². The van der Waals surface area contributed by atoms with Crippen LogP contribution in [0.25, 0.3) is 0 Å². The van der Waals surface area contributed by atoms with E-state index < -0.39 is 0 Å². The number of hydrazone groups is 1. The summed E-state index contributed by atoms with van der Waals surface area (Å²) in [5.74, 6) is 0.719. The Morgan fingerprint density at radius 2 is 1.90 bits per heavy atom. The Morgan fingerprint density at radius 1 is 1.19 bits per heavy atom. The molecule has 21 heavy (non-hydrogen) atoms. The van der Waals surface area contributed by atoms with E-state index >= 15 is 0 Å². The Morgan fingerprint density at radius 3 is 2.62 bits per heavy atom. The summed E-state index contributed by atoms with van der Waals surface area (Å²) >= 11 is 5.21. The van der Waals surface area contributed by atoms with Crippen molar-refractivity contribution < 1.29 is 4.74 Å². The number of thiocarbonyl (C=S) groups is 1. The minimum atomic E-state index is 0.396. The van der Waals surface area contributed by atoms with E-state index in [4.69, 9.17) is 17.0 Å². The van der Waals surface area contributed by atoms with Crippen molar-refractivity contribution in [2.24, 2.45) is 5.10 Å². The van der Waals surface area contributed by atoms with Gasteiger partial charge in [0.15, 0.2) is 5.11 Å². The molecule has 0 aliphatic heterocycles. The zero-order valence-corrected chi connectivity index (χ0v) is 12.6. The zero-order valence-electron chi connectivity index (χ0n) is 11.8. The molecule has 108 valence electrons. The van der Waals surface area contributed by atoms with Crippen LogP contribution in [0.1, 0.15) is 12.5 Å². The van der Waals surface area contributed by atoms with Crippen molar-refractivity contribution >= 4 is 28.7 Å². The highest BCUT2D eigenvalue weighted by Crippen LogP contribution is 2.22. The predicted molar refractivity (Wildman–Crippen MR) is 88.8 cm³/mol. The first kappa shape index (κ1) is 14.9. The molecule has 1 heterocycles. The average molecular weight is 300 g/mol. The molecule has 0 fully saturated rings. The summed E-state index contributed by atoms with van der Waals surface area (Å²) < 4.78 is 5.25. The van der Waals surface area contributed by atoms with Crippen LogP contribution in [0.2, 0.25) is 0 Å². The maximum Gasteiger partial charge on any atom is 0.191 e. The van der Waals surface area contributed by atoms with E-state index in [1.54, 1.807) is 19.5 Å². The van der Waals surface area contributed by atoms with Gasteiger partial charge in [0, 0.05) is 18.0 Å². The third kappa shape index (κ3) is 4.25. The number of nitrogens with one attached hydrogen (secondary N) is 2. The highest BCUT2D eigenvalue weighted by Gasteiger charge is 2.03. The maximum absolute atomic E-state index is 5.25. The number of hydrogen-bond donors (Lipinski definition) is 2. The summed E-state index contributed by atoms with van der Waals surface area (Å²) in [6.07, 6.45) is 3.44. The van der Waals surface area contributed by atoms with Gasteiger partial charge in [-0.1, -0.05) is 12.1 Å². The molecule has 1 aromatic carbocycles. The first-order valence-electron chi connectivity index (χ1n) is 6.35. The van der Waals surface area contributed by atoms with Crippen molar-refractivity contribution in [3.05, 3.63) is 54.4 Å². The van der Waals surface area contributed by atoms with Crippen molar-refractivity contribution in [3.8, 4) is 5.75 Å². The summed E-state index contributed by atoms with van der Waals surface area (Å²) in [6, 6.07) is 11.3. The van der Waals surface area contributed by atoms with Crippen LogP contribution in [0.15, 0.2) is 53.9 Å². The normalized spacial score (nSPS) is 10.9. The van der Waals surface area contributed by atoms with Gasteiger partial charge in [-0.05, 0) is 43.4 Å². The third-order valence-corrected chi connectivity index (χ3v) is 2.97. The number of pyridine rings is 1. The fourth-order valence-corrected chi connectivity index (χ4v) is 1.85. The molecule has 0 spiro atoms. The van der Waals surface area contributed by atoms with Gasteiger partial charge in [0.1, 0.15) is 5.75 Å². The summed E-state index contributed by atoms with van der Waals surface area (Å²) in [4.78, 5) is 3.97. The van der Waals surface area contributed by atoms with Gasteiger partial charge in [-0.25, -0.2) is 0 Å². The molecule has 0 bridgehead atoms. The lowest BCUT2D eigenvalue weighted by molar-refractivity contribution is 0.417. The zero-order chi connectivity index (χ0) is 15.1. The van der Waals surface area contributed by atoms with Gasteiger partial charge >= 0.3 is 0 Å². The molecule has 0 saturated heterocycles. The van der Waals surface area contributed by atoms with E-state index in [1.807, 2.05) is 43.3 Å². The van der Waals surface area contributed by atoms with E-state index in [0.29, 0.717) is 5.11 Å². The minimum absolute atomic E-state index is 0.396. The number of anilines is 1. The van der Waals surface area contributed by atoms with Crippen molar-refractivity contribution in [1.82, 2.24) is 10.4 Å². The Balaban J connectivity index is 1.99. The second kappa shape index (κ2) is 7.35. The minimum Gasteiger partial charge on any atom is -0.495 e. The number of hydrogen-bond acceptors (Lipinski definition) is 4. The molecule has 1 aromatic heterocycles. The van der Waals surface area contributed by atoms with Gasteiger partial charge in [0.2, 0.25) is 0 Å². The Bertz CT molecular complexity index is 643. The number of para-hydroxylation sites is 2. The predicted octanol–water partition coefficient (Wildman–Crippen LogP) is 2.80. The average Bonchev–Trinajstić information content (AvgIpc) is 2.54. The second-order valence-electron chi connectivity index (χ2n) is 4.20. The molecule has 0 amide bonds. The van der Waals surface area contributed by atoms with Crippen LogP contribution in [-0.4, -0.2) is 22.9 Å². The lowest BCUT2D eigenvalue weighted by Gasteiger charge is -2.11. The van der Waals surface area contributed by atoms with Crippen molar-refractivity contribution in [1.29, 1.82) is 0 Å². The van der Waals surface area contributed by atoms with Crippen LogP contribution in [0.4, 0.5) is 5.69 Å². The molecule has 5 nitrogen and oxygen atoms in total. The van der Waals surface area contributed by atoms with E-state index in [2.05, 4.69) is 20.8 Å². The molecule has 0 radical (unpaired) electrons. The van der Waals surface area contributed by atoms with Crippen molar-refractivity contribution in [2.45, 2.75) is 6.92 Å². The molecule has 2 N–H and O–H groups in total. The quantitative estimate of drug-likeness (QED) is 0.516. The Hall–Kier alpha value is -2.47. The molecule has 2 rings (SSSR count). The number of nitrogens with zero attached hydrogens (tertiary/aromatic N) is 2. The van der Waals surface area contributed by atoms with E-state index in [1.165, 1.54) is 0 Å². The fraction of sp³-hybridized carbons (Fsp3) is 0.133. The summed E-state index contributed by atoms with van der Waals surface area (Å²) in [5.41, 5.74) is 5.40. The summed E-state index contributed by atoms with van der Waals surface area (Å²) in [6.45, 7) is 1.90. The van der Waals surface area contributed by atoms with Crippen LogP contribution in [-0.2, 0) is 0 Å². The number of rotatable bonds is 4. The highest BCUT2D eigenvalue weighted by molar-refractivity contribution is 7.80. The van der Waals surface area contributed by atoms with E-state index in [0.717, 1.165) is 22.7 Å². The summed E-state index contributed by atoms with van der Waals surface area (Å²) in [7, 11) is 1.61. The van der Waals surface area contributed by atoms with Crippen molar-refractivity contribution in [2.75, 3.05) is 12.4 Å². The first-order chi connectivity index (χ1) is 10.2. The first-order valence-corrected chi connectivity index (χ1v) is 6.76. The van der Waals surface area contributed by atoms with Gasteiger partial charge in [-0.2, -0.15) is 5.10 Å². The van der Waals surface area contributed by atoms with E-state index in [9.17, 15) is 0 Å². The van der Waals surface area contributed by atoms with Gasteiger partial charge in [0.25, 0.3) is 0 Å². The van der Waals surface area contributed by atoms with Crippen LogP contribution in [0.3, 0.4) is 0 Å². The van der Waals surface area contributed by atoms with E-state index in [-0.39, 0.29) is 0 Å². The Labute approximate surface area is 129 Å². The molecule has 0 saturated carbocycles. The monoisotopic (exact) mass is 300 g/mol. The largest absolute Gasteiger partial charge is 0.495 e. The van der Waals surface area contributed by atoms with Crippen molar-refractivity contribution in [3.63, 3.8) is 0 Å². The van der Waals surface area contributed by atoms with Gasteiger partial charge < -0.3 is 10.1 Å². The molecule has 2 aromatic rings. The highest BCUT2D eigenvalue weighted by atomic mass is 32.1. The lowest BCUT2D eigenvalue weighted by Crippen LogP contribution is -2.25. The standard InChI is InChI=1S/C15H16N4OS/c1-11(12-7-9-16-10-8-12)18-19-15(21)17-13-5-3-4-6-14(13)20-2/h3-10H,1-2H3,(H2,17,19,21)/b18-11+. The number of ether oxygens (including phenoxy) is 1. The lowest BCUT2D eigenvalue weighted by atomic mass is 10.2. The maximum atomic E-state index is 5.25. The molecule has 0 aliphatic rings. The van der Waals surface area contributed by atoms with Crippen LogP contribution < -0.4 is 15.5 Å². The number of aromatic nitrogens is 1. The third-order valence-electron chi connectivity index (χ3n) is 2.78.